The zero-order valence-corrected chi connectivity index (χ0v) is 11.2. The van der Waals surface area contributed by atoms with Crippen molar-refractivity contribution in [1.82, 2.24) is 15.3 Å². The number of hydrogen-bond acceptors (Lipinski definition) is 4. The molecule has 4 heteroatoms. The van der Waals surface area contributed by atoms with Gasteiger partial charge in [-0.2, -0.15) is 0 Å². The van der Waals surface area contributed by atoms with Crippen LogP contribution in [0.2, 0.25) is 0 Å². The van der Waals surface area contributed by atoms with Gasteiger partial charge in [0.1, 0.15) is 6.10 Å². The predicted octanol–water partition coefficient (Wildman–Crippen LogP) is 2.20. The van der Waals surface area contributed by atoms with Crippen molar-refractivity contribution in [2.24, 2.45) is 0 Å². The molecule has 1 aromatic rings. The fraction of sp³-hybridized carbons (Fsp3) is 0.714. The van der Waals surface area contributed by atoms with Crippen LogP contribution in [-0.4, -0.2) is 22.6 Å². The zero-order chi connectivity index (χ0) is 12.5. The van der Waals surface area contributed by atoms with Gasteiger partial charge in [0.25, 0.3) is 0 Å². The first-order valence-electron chi connectivity index (χ1n) is 6.93. The first-order valence-corrected chi connectivity index (χ1v) is 6.93. The molecule has 0 radical (unpaired) electrons. The second-order valence-corrected chi connectivity index (χ2v) is 5.39. The lowest BCUT2D eigenvalue weighted by Crippen LogP contribution is -2.19. The van der Waals surface area contributed by atoms with E-state index in [1.165, 1.54) is 18.4 Å². The minimum atomic E-state index is 0.118. The monoisotopic (exact) mass is 247 g/mol. The van der Waals surface area contributed by atoms with Crippen LogP contribution in [0.25, 0.3) is 0 Å². The normalized spacial score (nSPS) is 23.6. The smallest absolute Gasteiger partial charge is 0.157 e. The van der Waals surface area contributed by atoms with Crippen molar-refractivity contribution >= 4 is 0 Å². The predicted molar refractivity (Wildman–Crippen MR) is 69.3 cm³/mol. The molecule has 18 heavy (non-hydrogen) atoms. The molecule has 98 valence electrons. The van der Waals surface area contributed by atoms with Gasteiger partial charge in [0, 0.05) is 36.1 Å². The second-order valence-electron chi connectivity index (χ2n) is 5.39. The van der Waals surface area contributed by atoms with E-state index >= 15 is 0 Å². The summed E-state index contributed by atoms with van der Waals surface area (Å²) in [5, 5.41) is 3.53. The van der Waals surface area contributed by atoms with E-state index in [1.54, 1.807) is 0 Å². The molecule has 2 aliphatic rings. The highest BCUT2D eigenvalue weighted by Gasteiger charge is 2.23. The van der Waals surface area contributed by atoms with Crippen LogP contribution in [0.4, 0.5) is 0 Å². The van der Waals surface area contributed by atoms with Crippen molar-refractivity contribution in [2.75, 3.05) is 6.61 Å². The standard InChI is InChI=1S/C14H21N3O/c1-9-12(8-15-11-5-6-11)10(2)17-14(16-9)13-4-3-7-18-13/h11,13,15H,3-8H2,1-2H3. The zero-order valence-electron chi connectivity index (χ0n) is 11.2. The molecule has 0 spiro atoms. The van der Waals surface area contributed by atoms with Crippen LogP contribution in [0.15, 0.2) is 0 Å². The summed E-state index contributed by atoms with van der Waals surface area (Å²) in [5.74, 6) is 0.873. The maximum atomic E-state index is 5.66. The molecular formula is C14H21N3O. The molecule has 4 nitrogen and oxygen atoms in total. The minimum absolute atomic E-state index is 0.118. The summed E-state index contributed by atoms with van der Waals surface area (Å²) in [5.41, 5.74) is 3.45. The van der Waals surface area contributed by atoms with E-state index in [1.807, 2.05) is 0 Å². The van der Waals surface area contributed by atoms with Gasteiger partial charge in [-0.3, -0.25) is 0 Å². The molecule has 0 aromatic carbocycles. The van der Waals surface area contributed by atoms with Gasteiger partial charge in [0.05, 0.1) is 0 Å². The summed E-state index contributed by atoms with van der Waals surface area (Å²) in [4.78, 5) is 9.28. The molecule has 0 amide bonds. The Balaban J connectivity index is 1.77. The Morgan fingerprint density at radius 2 is 1.89 bits per heavy atom. The molecule has 0 bridgehead atoms. The summed E-state index contributed by atoms with van der Waals surface area (Å²) >= 11 is 0. The summed E-state index contributed by atoms with van der Waals surface area (Å²) in [6.07, 6.45) is 4.92. The quantitative estimate of drug-likeness (QED) is 0.886. The summed E-state index contributed by atoms with van der Waals surface area (Å²) in [7, 11) is 0. The van der Waals surface area contributed by atoms with Crippen LogP contribution in [0, 0.1) is 13.8 Å². The molecule has 1 aliphatic heterocycles. The van der Waals surface area contributed by atoms with Gasteiger partial charge in [-0.05, 0) is 39.5 Å². The lowest BCUT2D eigenvalue weighted by Gasteiger charge is -2.14. The molecule has 1 N–H and O–H groups in total. The summed E-state index contributed by atoms with van der Waals surface area (Å²) in [6, 6.07) is 0.724. The lowest BCUT2D eigenvalue weighted by molar-refractivity contribution is 0.104. The average molecular weight is 247 g/mol. The Kier molecular flexibility index (Phi) is 3.31. The maximum Gasteiger partial charge on any atom is 0.157 e. The topological polar surface area (TPSA) is 47.0 Å². The van der Waals surface area contributed by atoms with Crippen LogP contribution in [-0.2, 0) is 11.3 Å². The third-order valence-electron chi connectivity index (χ3n) is 3.80. The van der Waals surface area contributed by atoms with Crippen molar-refractivity contribution in [2.45, 2.75) is 58.2 Å². The van der Waals surface area contributed by atoms with Crippen LogP contribution >= 0.6 is 0 Å². The molecule has 1 saturated carbocycles. The van der Waals surface area contributed by atoms with Crippen molar-refractivity contribution < 1.29 is 4.74 Å². The average Bonchev–Trinajstić information content (AvgIpc) is 3.00. The largest absolute Gasteiger partial charge is 0.370 e. The Morgan fingerprint density at radius 1 is 1.17 bits per heavy atom. The van der Waals surface area contributed by atoms with Crippen LogP contribution in [0.1, 0.15) is 54.6 Å². The number of aryl methyl sites for hydroxylation is 2. The molecule has 1 unspecified atom stereocenters. The van der Waals surface area contributed by atoms with Crippen LogP contribution in [0.3, 0.4) is 0 Å². The van der Waals surface area contributed by atoms with Gasteiger partial charge < -0.3 is 10.1 Å². The lowest BCUT2D eigenvalue weighted by atomic mass is 10.1. The van der Waals surface area contributed by atoms with E-state index < -0.39 is 0 Å². The Labute approximate surface area is 108 Å². The third-order valence-corrected chi connectivity index (χ3v) is 3.80. The Morgan fingerprint density at radius 3 is 2.44 bits per heavy atom. The molecule has 1 aliphatic carbocycles. The molecule has 1 atom stereocenters. The summed E-state index contributed by atoms with van der Waals surface area (Å²) in [6.45, 7) is 5.90. The third kappa shape index (κ3) is 2.54. The van der Waals surface area contributed by atoms with E-state index in [4.69, 9.17) is 4.74 Å². The van der Waals surface area contributed by atoms with Gasteiger partial charge in [-0.1, -0.05) is 0 Å². The van der Waals surface area contributed by atoms with Gasteiger partial charge in [0.2, 0.25) is 0 Å². The highest BCUT2D eigenvalue weighted by Crippen LogP contribution is 2.27. The number of nitrogens with zero attached hydrogens (tertiary/aromatic N) is 2. The van der Waals surface area contributed by atoms with Crippen molar-refractivity contribution in [3.8, 4) is 0 Å². The Hall–Kier alpha value is -1.00. The molecule has 2 heterocycles. The SMILES string of the molecule is Cc1nc(C2CCCO2)nc(C)c1CNC1CC1. The number of hydrogen-bond donors (Lipinski definition) is 1. The van der Waals surface area contributed by atoms with Gasteiger partial charge in [-0.15, -0.1) is 0 Å². The molecular weight excluding hydrogens is 226 g/mol. The van der Waals surface area contributed by atoms with E-state index in [9.17, 15) is 0 Å². The van der Waals surface area contributed by atoms with Crippen LogP contribution in [0.5, 0.6) is 0 Å². The van der Waals surface area contributed by atoms with Crippen molar-refractivity contribution in [1.29, 1.82) is 0 Å². The highest BCUT2D eigenvalue weighted by molar-refractivity contribution is 5.25. The molecule has 1 aromatic heterocycles. The van der Waals surface area contributed by atoms with Gasteiger partial charge in [0.15, 0.2) is 5.82 Å². The molecule has 1 saturated heterocycles. The number of rotatable bonds is 4. The Bertz CT molecular complexity index is 414. The number of ether oxygens (including phenoxy) is 1. The summed E-state index contributed by atoms with van der Waals surface area (Å²) < 4.78 is 5.66. The first-order chi connectivity index (χ1) is 8.74. The minimum Gasteiger partial charge on any atom is -0.370 e. The number of aromatic nitrogens is 2. The fourth-order valence-electron chi connectivity index (χ4n) is 2.48. The first kappa shape index (κ1) is 12.1. The highest BCUT2D eigenvalue weighted by atomic mass is 16.5. The van der Waals surface area contributed by atoms with Crippen molar-refractivity contribution in [3.63, 3.8) is 0 Å². The molecule has 3 rings (SSSR count). The second kappa shape index (κ2) is 4.94. The van der Waals surface area contributed by atoms with Crippen LogP contribution < -0.4 is 5.32 Å². The van der Waals surface area contributed by atoms with E-state index in [-0.39, 0.29) is 6.10 Å². The number of nitrogens with one attached hydrogen (secondary N) is 1. The van der Waals surface area contributed by atoms with Gasteiger partial charge in [-0.25, -0.2) is 9.97 Å². The van der Waals surface area contributed by atoms with E-state index in [2.05, 4.69) is 29.1 Å². The fourth-order valence-corrected chi connectivity index (χ4v) is 2.48. The van der Waals surface area contributed by atoms with E-state index in [0.717, 1.165) is 49.2 Å². The van der Waals surface area contributed by atoms with Crippen molar-refractivity contribution in [3.05, 3.63) is 22.8 Å². The molecule has 2 fully saturated rings. The van der Waals surface area contributed by atoms with E-state index in [0.29, 0.717) is 0 Å². The van der Waals surface area contributed by atoms with Gasteiger partial charge >= 0.3 is 0 Å². The maximum absolute atomic E-state index is 5.66.